The van der Waals surface area contributed by atoms with Crippen LogP contribution in [0.25, 0.3) is 37.2 Å². The minimum absolute atomic E-state index is 0.369. The van der Waals surface area contributed by atoms with Crippen molar-refractivity contribution >= 4 is 31.5 Å². The van der Waals surface area contributed by atoms with E-state index in [-0.39, 0.29) is 0 Å². The standard InChI is InChI=1S/C31H35N2S/c1-19(2)25-18-26-24-14-10-11-15-27(24)34-30(26)28(20(3)4)29(25)33-17-16-32(21(5)6)31(33)23-13-9-8-12-22(23)7/h8-21H,1-7H3/q+1. The van der Waals surface area contributed by atoms with E-state index in [1.165, 1.54) is 53.9 Å². The van der Waals surface area contributed by atoms with Gasteiger partial charge in [0.1, 0.15) is 18.1 Å². The molecular formula is C31H35N2S+. The number of hydrogen-bond donors (Lipinski definition) is 0. The summed E-state index contributed by atoms with van der Waals surface area (Å²) in [4.78, 5) is 0. The number of aryl methyl sites for hydroxylation is 1. The van der Waals surface area contributed by atoms with Gasteiger partial charge in [0.15, 0.2) is 0 Å². The van der Waals surface area contributed by atoms with Crippen LogP contribution in [0.5, 0.6) is 0 Å². The molecule has 3 aromatic carbocycles. The van der Waals surface area contributed by atoms with Gasteiger partial charge in [-0.1, -0.05) is 64.1 Å². The molecule has 0 amide bonds. The highest BCUT2D eigenvalue weighted by molar-refractivity contribution is 7.26. The zero-order valence-electron chi connectivity index (χ0n) is 21.4. The Balaban J connectivity index is 1.95. The largest absolute Gasteiger partial charge is 0.294 e. The first kappa shape index (κ1) is 22.9. The maximum atomic E-state index is 2.48. The second-order valence-electron chi connectivity index (χ2n) is 10.3. The Hall–Kier alpha value is -2.91. The van der Waals surface area contributed by atoms with Gasteiger partial charge in [-0.05, 0) is 56.4 Å². The summed E-state index contributed by atoms with van der Waals surface area (Å²) in [6.07, 6.45) is 4.55. The second kappa shape index (κ2) is 8.70. The van der Waals surface area contributed by atoms with Crippen LogP contribution in [0.4, 0.5) is 0 Å². The molecular weight excluding hydrogens is 432 g/mol. The number of aromatic nitrogens is 2. The van der Waals surface area contributed by atoms with Gasteiger partial charge in [-0.2, -0.15) is 4.57 Å². The minimum Gasteiger partial charge on any atom is -0.227 e. The lowest BCUT2D eigenvalue weighted by Gasteiger charge is -2.20. The lowest BCUT2D eigenvalue weighted by Crippen LogP contribution is -2.37. The third-order valence-electron chi connectivity index (χ3n) is 6.94. The fourth-order valence-electron chi connectivity index (χ4n) is 5.23. The first-order chi connectivity index (χ1) is 16.3. The average Bonchev–Trinajstić information content (AvgIpc) is 3.39. The van der Waals surface area contributed by atoms with Gasteiger partial charge >= 0.3 is 0 Å². The number of benzene rings is 3. The zero-order valence-corrected chi connectivity index (χ0v) is 22.2. The number of fused-ring (bicyclic) bond motifs is 3. The summed E-state index contributed by atoms with van der Waals surface area (Å²) in [6.45, 7) is 16.1. The summed E-state index contributed by atoms with van der Waals surface area (Å²) in [5.74, 6) is 2.08. The molecule has 3 heteroatoms. The second-order valence-corrected chi connectivity index (χ2v) is 11.4. The highest BCUT2D eigenvalue weighted by Crippen LogP contribution is 2.45. The van der Waals surface area contributed by atoms with Crippen molar-refractivity contribution in [2.75, 3.05) is 0 Å². The molecule has 2 aromatic heterocycles. The zero-order chi connectivity index (χ0) is 24.1. The van der Waals surface area contributed by atoms with Crippen LogP contribution >= 0.6 is 11.3 Å². The van der Waals surface area contributed by atoms with E-state index in [9.17, 15) is 0 Å². The van der Waals surface area contributed by atoms with Crippen LogP contribution in [0, 0.1) is 6.92 Å². The van der Waals surface area contributed by atoms with Gasteiger partial charge in [0.05, 0.1) is 11.6 Å². The Morgan fingerprint density at radius 1 is 0.824 bits per heavy atom. The topological polar surface area (TPSA) is 8.81 Å². The molecule has 5 rings (SSSR count). The summed E-state index contributed by atoms with van der Waals surface area (Å²) in [5, 5.41) is 2.78. The van der Waals surface area contributed by atoms with Crippen molar-refractivity contribution in [2.24, 2.45) is 0 Å². The van der Waals surface area contributed by atoms with Gasteiger partial charge < -0.3 is 0 Å². The molecule has 0 unspecified atom stereocenters. The molecule has 5 aromatic rings. The summed E-state index contributed by atoms with van der Waals surface area (Å²) >= 11 is 1.94. The Morgan fingerprint density at radius 2 is 1.53 bits per heavy atom. The van der Waals surface area contributed by atoms with Crippen molar-refractivity contribution < 1.29 is 4.57 Å². The van der Waals surface area contributed by atoms with Crippen LogP contribution in [0.2, 0.25) is 0 Å². The third-order valence-corrected chi connectivity index (χ3v) is 8.16. The molecule has 0 spiro atoms. The van der Waals surface area contributed by atoms with Crippen LogP contribution < -0.4 is 4.57 Å². The molecule has 0 bridgehead atoms. The number of nitrogens with zero attached hydrogens (tertiary/aromatic N) is 2. The minimum atomic E-state index is 0.369. The van der Waals surface area contributed by atoms with Crippen molar-refractivity contribution in [2.45, 2.75) is 66.3 Å². The van der Waals surface area contributed by atoms with Gasteiger partial charge in [0.25, 0.3) is 5.82 Å². The maximum Gasteiger partial charge on any atom is 0.294 e. The SMILES string of the molecule is Cc1ccccc1-c1n(-c2c(C(C)C)cc3c(sc4ccccc43)c2C(C)C)cc[n+]1C(C)C. The molecule has 0 atom stereocenters. The van der Waals surface area contributed by atoms with Gasteiger partial charge in [-0.15, -0.1) is 11.3 Å². The quantitative estimate of drug-likeness (QED) is 0.228. The van der Waals surface area contributed by atoms with Crippen molar-refractivity contribution in [3.05, 3.63) is 83.7 Å². The van der Waals surface area contributed by atoms with Crippen LogP contribution in [0.1, 0.15) is 76.1 Å². The van der Waals surface area contributed by atoms with Crippen molar-refractivity contribution in [1.82, 2.24) is 4.57 Å². The molecule has 0 aliphatic carbocycles. The van der Waals surface area contributed by atoms with E-state index in [2.05, 4.69) is 125 Å². The molecule has 2 nitrogen and oxygen atoms in total. The number of thiophene rings is 1. The van der Waals surface area contributed by atoms with E-state index in [0.717, 1.165) is 0 Å². The monoisotopic (exact) mass is 467 g/mol. The molecule has 0 saturated carbocycles. The summed E-state index contributed by atoms with van der Waals surface area (Å²) in [5.41, 5.74) is 6.84. The molecule has 174 valence electrons. The Kier molecular flexibility index (Phi) is 5.85. The summed E-state index contributed by atoms with van der Waals surface area (Å²) < 4.78 is 7.70. The number of rotatable bonds is 5. The highest BCUT2D eigenvalue weighted by Gasteiger charge is 2.31. The Bertz CT molecular complexity index is 1500. The highest BCUT2D eigenvalue weighted by atomic mass is 32.1. The molecule has 0 N–H and O–H groups in total. The van der Waals surface area contributed by atoms with E-state index < -0.39 is 0 Å². The van der Waals surface area contributed by atoms with Gasteiger partial charge in [0.2, 0.25) is 0 Å². The number of hydrogen-bond acceptors (Lipinski definition) is 1. The van der Waals surface area contributed by atoms with Crippen molar-refractivity contribution in [3.63, 3.8) is 0 Å². The van der Waals surface area contributed by atoms with Crippen LogP contribution in [0.3, 0.4) is 0 Å². The van der Waals surface area contributed by atoms with Crippen LogP contribution in [0.15, 0.2) is 67.0 Å². The van der Waals surface area contributed by atoms with Crippen LogP contribution in [-0.4, -0.2) is 4.57 Å². The Labute approximate surface area is 207 Å². The fourth-order valence-corrected chi connectivity index (χ4v) is 6.61. The summed E-state index contributed by atoms with van der Waals surface area (Å²) in [7, 11) is 0. The van der Waals surface area contributed by atoms with E-state index in [1.54, 1.807) is 0 Å². The van der Waals surface area contributed by atoms with Gasteiger partial charge in [0, 0.05) is 31.3 Å². The van der Waals surface area contributed by atoms with Crippen molar-refractivity contribution in [3.8, 4) is 17.1 Å². The van der Waals surface area contributed by atoms with Gasteiger partial charge in [-0.3, -0.25) is 0 Å². The number of imidazole rings is 1. The molecule has 0 saturated heterocycles. The summed E-state index contributed by atoms with van der Waals surface area (Å²) in [6, 6.07) is 20.5. The predicted molar refractivity (Wildman–Crippen MR) is 148 cm³/mol. The van der Waals surface area contributed by atoms with Gasteiger partial charge in [-0.25, -0.2) is 4.57 Å². The van der Waals surface area contributed by atoms with E-state index in [1.807, 2.05) is 11.3 Å². The fraction of sp³-hybridized carbons (Fsp3) is 0.323. The molecule has 0 radical (unpaired) electrons. The predicted octanol–water partition coefficient (Wildman–Crippen LogP) is 8.94. The maximum absolute atomic E-state index is 2.48. The average molecular weight is 468 g/mol. The molecule has 2 heterocycles. The third kappa shape index (κ3) is 3.58. The van der Waals surface area contributed by atoms with Crippen molar-refractivity contribution in [1.29, 1.82) is 0 Å². The van der Waals surface area contributed by atoms with Crippen LogP contribution in [-0.2, 0) is 0 Å². The molecule has 0 fully saturated rings. The van der Waals surface area contributed by atoms with E-state index in [4.69, 9.17) is 0 Å². The smallest absolute Gasteiger partial charge is 0.227 e. The first-order valence-electron chi connectivity index (χ1n) is 12.5. The molecule has 0 aliphatic rings. The lowest BCUT2D eigenvalue weighted by molar-refractivity contribution is -0.704. The normalized spacial score (nSPS) is 12.2. The molecule has 0 aliphatic heterocycles. The lowest BCUT2D eigenvalue weighted by atomic mass is 9.90. The Morgan fingerprint density at radius 3 is 2.21 bits per heavy atom. The van der Waals surface area contributed by atoms with E-state index >= 15 is 0 Å². The molecule has 34 heavy (non-hydrogen) atoms. The van der Waals surface area contributed by atoms with E-state index in [0.29, 0.717) is 17.9 Å². The first-order valence-corrected chi connectivity index (χ1v) is 13.3.